The van der Waals surface area contributed by atoms with E-state index in [1.165, 1.54) is 11.3 Å². The maximum Gasteiger partial charge on any atom is 0.338 e. The van der Waals surface area contributed by atoms with Crippen LogP contribution in [0.4, 0.5) is 5.69 Å². The van der Waals surface area contributed by atoms with Crippen LogP contribution >= 0.6 is 11.3 Å². The highest BCUT2D eigenvalue weighted by atomic mass is 32.1. The van der Waals surface area contributed by atoms with Gasteiger partial charge in [-0.25, -0.2) is 4.79 Å². The van der Waals surface area contributed by atoms with Crippen LogP contribution in [-0.4, -0.2) is 39.1 Å². The van der Waals surface area contributed by atoms with E-state index in [0.717, 1.165) is 11.3 Å². The molecule has 0 unspecified atom stereocenters. The van der Waals surface area contributed by atoms with E-state index in [9.17, 15) is 9.59 Å². The molecular formula is C18H22N2O3S. The number of nitrogens with zero attached hydrogens (tertiary/aromatic N) is 1. The summed E-state index contributed by atoms with van der Waals surface area (Å²) in [4.78, 5) is 26.5. The molecule has 1 aromatic carbocycles. The van der Waals surface area contributed by atoms with Crippen LogP contribution < -0.4 is 10.2 Å². The second kappa shape index (κ2) is 8.49. The standard InChI is InChI=1S/C18H22N2O3S/c1-13-12-14(7-8-15(13)20(2)3)18(22)23-10-5-9-19-17(21)16-6-4-11-24-16/h4,6-8,11-12H,5,9-10H2,1-3H3,(H,19,21). The van der Waals surface area contributed by atoms with Gasteiger partial charge in [-0.1, -0.05) is 6.07 Å². The van der Waals surface area contributed by atoms with Crippen molar-refractivity contribution in [1.82, 2.24) is 5.32 Å². The molecule has 0 aliphatic carbocycles. The fourth-order valence-electron chi connectivity index (χ4n) is 2.30. The lowest BCUT2D eigenvalue weighted by atomic mass is 10.1. The Morgan fingerprint density at radius 3 is 2.67 bits per heavy atom. The summed E-state index contributed by atoms with van der Waals surface area (Å²) in [5.74, 6) is -0.431. The van der Waals surface area contributed by atoms with Gasteiger partial charge in [-0.3, -0.25) is 4.79 Å². The van der Waals surface area contributed by atoms with E-state index < -0.39 is 0 Å². The summed E-state index contributed by atoms with van der Waals surface area (Å²) >= 11 is 1.40. The first kappa shape index (κ1) is 18.0. The van der Waals surface area contributed by atoms with Gasteiger partial charge in [-0.15, -0.1) is 11.3 Å². The fourth-order valence-corrected chi connectivity index (χ4v) is 2.94. The number of ether oxygens (including phenoxy) is 1. The SMILES string of the molecule is Cc1cc(C(=O)OCCCNC(=O)c2cccs2)ccc1N(C)C. The molecule has 1 N–H and O–H groups in total. The molecule has 0 atom stereocenters. The number of nitrogens with one attached hydrogen (secondary N) is 1. The second-order valence-electron chi connectivity index (χ2n) is 5.62. The number of aryl methyl sites for hydroxylation is 1. The first-order valence-electron chi connectivity index (χ1n) is 7.76. The molecule has 0 saturated carbocycles. The van der Waals surface area contributed by atoms with Crippen molar-refractivity contribution in [3.05, 3.63) is 51.7 Å². The van der Waals surface area contributed by atoms with Gasteiger partial charge in [0.1, 0.15) is 0 Å². The van der Waals surface area contributed by atoms with Gasteiger partial charge in [-0.2, -0.15) is 0 Å². The zero-order valence-corrected chi connectivity index (χ0v) is 15.0. The number of thiophene rings is 1. The van der Waals surface area contributed by atoms with Crippen molar-refractivity contribution in [2.45, 2.75) is 13.3 Å². The minimum Gasteiger partial charge on any atom is -0.462 e. The molecular weight excluding hydrogens is 324 g/mol. The number of hydrogen-bond acceptors (Lipinski definition) is 5. The maximum absolute atomic E-state index is 12.0. The summed E-state index contributed by atoms with van der Waals surface area (Å²) in [5.41, 5.74) is 2.64. The summed E-state index contributed by atoms with van der Waals surface area (Å²) in [7, 11) is 3.93. The van der Waals surface area contributed by atoms with Crippen molar-refractivity contribution in [3.8, 4) is 0 Å². The van der Waals surface area contributed by atoms with Crippen LogP contribution in [0, 0.1) is 6.92 Å². The predicted molar refractivity (Wildman–Crippen MR) is 97.1 cm³/mol. The van der Waals surface area contributed by atoms with E-state index in [1.54, 1.807) is 12.1 Å². The molecule has 2 aromatic rings. The number of amides is 1. The molecule has 1 aromatic heterocycles. The zero-order chi connectivity index (χ0) is 17.5. The second-order valence-corrected chi connectivity index (χ2v) is 6.57. The third-order valence-electron chi connectivity index (χ3n) is 3.50. The van der Waals surface area contributed by atoms with Gasteiger partial charge >= 0.3 is 5.97 Å². The Hall–Kier alpha value is -2.34. The van der Waals surface area contributed by atoms with E-state index >= 15 is 0 Å². The summed E-state index contributed by atoms with van der Waals surface area (Å²) in [6.45, 7) is 2.72. The van der Waals surface area contributed by atoms with Crippen LogP contribution in [0.5, 0.6) is 0 Å². The first-order chi connectivity index (χ1) is 11.5. The first-order valence-corrected chi connectivity index (χ1v) is 8.64. The number of carbonyl (C=O) groups excluding carboxylic acids is 2. The molecule has 24 heavy (non-hydrogen) atoms. The summed E-state index contributed by atoms with van der Waals surface area (Å²) < 4.78 is 5.25. The molecule has 0 spiro atoms. The van der Waals surface area contributed by atoms with Crippen LogP contribution in [-0.2, 0) is 4.74 Å². The number of hydrogen-bond donors (Lipinski definition) is 1. The molecule has 1 amide bonds. The van der Waals surface area contributed by atoms with Gasteiger partial charge in [0.15, 0.2) is 0 Å². The molecule has 5 nitrogen and oxygen atoms in total. The summed E-state index contributed by atoms with van der Waals surface area (Å²) in [6, 6.07) is 9.12. The van der Waals surface area contributed by atoms with Crippen LogP contribution in [0.25, 0.3) is 0 Å². The lowest BCUT2D eigenvalue weighted by Crippen LogP contribution is -2.24. The van der Waals surface area contributed by atoms with Crippen molar-refractivity contribution in [3.63, 3.8) is 0 Å². The highest BCUT2D eigenvalue weighted by Gasteiger charge is 2.10. The monoisotopic (exact) mass is 346 g/mol. The van der Waals surface area contributed by atoms with Crippen molar-refractivity contribution in [2.75, 3.05) is 32.1 Å². The highest BCUT2D eigenvalue weighted by Crippen LogP contribution is 2.19. The normalized spacial score (nSPS) is 10.3. The van der Waals surface area contributed by atoms with Crippen LogP contribution in [0.3, 0.4) is 0 Å². The Bertz CT molecular complexity index is 696. The van der Waals surface area contributed by atoms with Gasteiger partial charge in [0.2, 0.25) is 0 Å². The van der Waals surface area contributed by atoms with E-state index in [0.29, 0.717) is 23.4 Å². The van der Waals surface area contributed by atoms with Crippen LogP contribution in [0.15, 0.2) is 35.7 Å². The van der Waals surface area contributed by atoms with Crippen LogP contribution in [0.2, 0.25) is 0 Å². The average molecular weight is 346 g/mol. The van der Waals surface area contributed by atoms with E-state index in [1.807, 2.05) is 49.5 Å². The molecule has 0 bridgehead atoms. The minimum absolute atomic E-state index is 0.0915. The Balaban J connectivity index is 1.73. The molecule has 6 heteroatoms. The molecule has 128 valence electrons. The van der Waals surface area contributed by atoms with Crippen molar-refractivity contribution >= 4 is 28.9 Å². The Morgan fingerprint density at radius 1 is 1.25 bits per heavy atom. The van der Waals surface area contributed by atoms with Crippen LogP contribution in [0.1, 0.15) is 32.0 Å². The Labute approximate surface area is 146 Å². The number of carbonyl (C=O) groups is 2. The largest absolute Gasteiger partial charge is 0.462 e. The van der Waals surface area contributed by atoms with Crippen molar-refractivity contribution in [2.24, 2.45) is 0 Å². The van der Waals surface area contributed by atoms with E-state index in [-0.39, 0.29) is 18.5 Å². The van der Waals surface area contributed by atoms with Gasteiger partial charge in [0.25, 0.3) is 5.91 Å². The fraction of sp³-hybridized carbons (Fsp3) is 0.333. The topological polar surface area (TPSA) is 58.6 Å². The third-order valence-corrected chi connectivity index (χ3v) is 4.37. The smallest absolute Gasteiger partial charge is 0.338 e. The average Bonchev–Trinajstić information content (AvgIpc) is 3.08. The van der Waals surface area contributed by atoms with E-state index in [4.69, 9.17) is 4.74 Å². The lowest BCUT2D eigenvalue weighted by molar-refractivity contribution is 0.0501. The highest BCUT2D eigenvalue weighted by molar-refractivity contribution is 7.12. The Kier molecular flexibility index (Phi) is 6.37. The molecule has 0 fully saturated rings. The number of benzene rings is 1. The molecule has 0 saturated heterocycles. The molecule has 2 rings (SSSR count). The third kappa shape index (κ3) is 4.83. The zero-order valence-electron chi connectivity index (χ0n) is 14.2. The van der Waals surface area contributed by atoms with E-state index in [2.05, 4.69) is 5.32 Å². The van der Waals surface area contributed by atoms with Gasteiger partial charge in [-0.05, 0) is 48.6 Å². The number of rotatable bonds is 7. The summed E-state index contributed by atoms with van der Waals surface area (Å²) in [5, 5.41) is 4.66. The van der Waals surface area contributed by atoms with Crippen molar-refractivity contribution < 1.29 is 14.3 Å². The molecule has 1 heterocycles. The van der Waals surface area contributed by atoms with Gasteiger partial charge in [0, 0.05) is 26.3 Å². The molecule has 0 aliphatic heterocycles. The van der Waals surface area contributed by atoms with Crippen molar-refractivity contribution in [1.29, 1.82) is 0 Å². The summed E-state index contributed by atoms with van der Waals surface area (Å²) in [6.07, 6.45) is 0.581. The minimum atomic E-state index is -0.340. The van der Waals surface area contributed by atoms with Gasteiger partial charge in [0.05, 0.1) is 17.0 Å². The molecule has 0 radical (unpaired) electrons. The predicted octanol–water partition coefficient (Wildman–Crippen LogP) is 3.10. The van der Waals surface area contributed by atoms with Gasteiger partial charge < -0.3 is 15.0 Å². The Morgan fingerprint density at radius 2 is 2.04 bits per heavy atom. The quantitative estimate of drug-likeness (QED) is 0.618. The maximum atomic E-state index is 12.0. The number of esters is 1. The number of anilines is 1. The molecule has 0 aliphatic rings. The lowest BCUT2D eigenvalue weighted by Gasteiger charge is -2.16.